The first-order chi connectivity index (χ1) is 12.0. The van der Waals surface area contributed by atoms with E-state index < -0.39 is 0 Å². The first kappa shape index (κ1) is 18.3. The van der Waals surface area contributed by atoms with Gasteiger partial charge in [0.1, 0.15) is 17.4 Å². The van der Waals surface area contributed by atoms with Crippen molar-refractivity contribution in [2.75, 3.05) is 11.9 Å². The summed E-state index contributed by atoms with van der Waals surface area (Å²) in [6.07, 6.45) is 0.706. The summed E-state index contributed by atoms with van der Waals surface area (Å²) in [5.41, 5.74) is 2.57. The molecule has 1 heterocycles. The van der Waals surface area contributed by atoms with E-state index in [2.05, 4.69) is 10.3 Å². The Kier molecular flexibility index (Phi) is 5.96. The molecule has 1 aromatic carbocycles. The number of pyridine rings is 1. The first-order valence-corrected chi connectivity index (χ1v) is 8.11. The minimum absolute atomic E-state index is 0.104. The maximum atomic E-state index is 12.2. The summed E-state index contributed by atoms with van der Waals surface area (Å²) >= 11 is 0. The third-order valence-corrected chi connectivity index (χ3v) is 3.97. The molecule has 0 aliphatic carbocycles. The molecule has 2 N–H and O–H groups in total. The molecular weight excluding hydrogens is 318 g/mol. The van der Waals surface area contributed by atoms with E-state index in [1.54, 1.807) is 38.1 Å². The number of aryl methyl sites for hydroxylation is 1. The third-order valence-electron chi connectivity index (χ3n) is 3.97. The van der Waals surface area contributed by atoms with E-state index in [1.165, 1.54) is 0 Å². The van der Waals surface area contributed by atoms with Crippen molar-refractivity contribution in [1.29, 1.82) is 5.26 Å². The van der Waals surface area contributed by atoms with Crippen LogP contribution in [0.5, 0.6) is 5.75 Å². The highest BCUT2D eigenvalue weighted by atomic mass is 16.5. The fourth-order valence-electron chi connectivity index (χ4n) is 2.68. The van der Waals surface area contributed by atoms with Gasteiger partial charge < -0.3 is 15.0 Å². The number of ether oxygens (including phenoxy) is 1. The van der Waals surface area contributed by atoms with Gasteiger partial charge in [-0.2, -0.15) is 5.26 Å². The molecule has 0 aliphatic rings. The molecular formula is C19H21N3O3. The zero-order valence-electron chi connectivity index (χ0n) is 14.6. The van der Waals surface area contributed by atoms with Crippen molar-refractivity contribution in [2.45, 2.75) is 33.6 Å². The number of carbonyl (C=O) groups excluding carboxylic acids is 1. The average Bonchev–Trinajstić information content (AvgIpc) is 2.56. The molecule has 6 nitrogen and oxygen atoms in total. The second kappa shape index (κ2) is 8.15. The van der Waals surface area contributed by atoms with Crippen LogP contribution in [-0.4, -0.2) is 17.5 Å². The van der Waals surface area contributed by atoms with Crippen molar-refractivity contribution in [3.05, 3.63) is 57.0 Å². The molecule has 2 rings (SSSR count). The maximum Gasteiger partial charge on any atom is 0.266 e. The highest BCUT2D eigenvalue weighted by Gasteiger charge is 2.13. The van der Waals surface area contributed by atoms with Crippen LogP contribution >= 0.6 is 0 Å². The topological polar surface area (TPSA) is 95.0 Å². The number of rotatable bonds is 6. The minimum Gasteiger partial charge on any atom is -0.494 e. The maximum absolute atomic E-state index is 12.2. The Bertz CT molecular complexity index is 861. The quantitative estimate of drug-likeness (QED) is 0.846. The zero-order valence-corrected chi connectivity index (χ0v) is 14.6. The third kappa shape index (κ3) is 4.48. The normalized spacial score (nSPS) is 10.2. The summed E-state index contributed by atoms with van der Waals surface area (Å²) in [5, 5.41) is 11.9. The van der Waals surface area contributed by atoms with Gasteiger partial charge in [-0.25, -0.2) is 0 Å². The molecule has 0 saturated carbocycles. The number of carbonyl (C=O) groups is 1. The van der Waals surface area contributed by atoms with Crippen molar-refractivity contribution in [1.82, 2.24) is 4.98 Å². The van der Waals surface area contributed by atoms with Gasteiger partial charge in [0.15, 0.2) is 0 Å². The smallest absolute Gasteiger partial charge is 0.266 e. The van der Waals surface area contributed by atoms with Crippen molar-refractivity contribution < 1.29 is 9.53 Å². The van der Waals surface area contributed by atoms with Crippen LogP contribution in [0.25, 0.3) is 0 Å². The lowest BCUT2D eigenvalue weighted by atomic mass is 9.99. The Balaban J connectivity index is 2.03. The molecule has 0 saturated heterocycles. The number of benzene rings is 1. The molecule has 2 aromatic rings. The van der Waals surface area contributed by atoms with Gasteiger partial charge in [-0.05, 0) is 62.6 Å². The molecule has 130 valence electrons. The Labute approximate surface area is 146 Å². The zero-order chi connectivity index (χ0) is 18.4. The Morgan fingerprint density at radius 1 is 1.28 bits per heavy atom. The van der Waals surface area contributed by atoms with Crippen LogP contribution in [0.3, 0.4) is 0 Å². The van der Waals surface area contributed by atoms with Gasteiger partial charge in [-0.3, -0.25) is 9.59 Å². The number of amides is 1. The molecule has 6 heteroatoms. The number of H-pyrrole nitrogens is 1. The molecule has 0 spiro atoms. The van der Waals surface area contributed by atoms with E-state index in [1.807, 2.05) is 13.0 Å². The van der Waals surface area contributed by atoms with Gasteiger partial charge in [0.05, 0.1) is 6.61 Å². The number of nitrogens with zero attached hydrogens (tertiary/aromatic N) is 1. The molecule has 0 radical (unpaired) electrons. The number of aromatic amines is 1. The number of nitrogens with one attached hydrogen (secondary N) is 2. The predicted octanol–water partition coefficient (Wildman–Crippen LogP) is 2.83. The first-order valence-electron chi connectivity index (χ1n) is 8.11. The SMILES string of the molecule is CCOc1ccc(NC(=O)CCc2c(C)[nH]c(=O)c(C#N)c2C)cc1. The highest BCUT2D eigenvalue weighted by Crippen LogP contribution is 2.17. The van der Waals surface area contributed by atoms with E-state index in [0.29, 0.717) is 30.0 Å². The van der Waals surface area contributed by atoms with E-state index in [9.17, 15) is 9.59 Å². The van der Waals surface area contributed by atoms with E-state index in [-0.39, 0.29) is 23.5 Å². The van der Waals surface area contributed by atoms with Crippen molar-refractivity contribution in [3.63, 3.8) is 0 Å². The van der Waals surface area contributed by atoms with E-state index in [4.69, 9.17) is 10.00 Å². The van der Waals surface area contributed by atoms with Crippen molar-refractivity contribution in [3.8, 4) is 11.8 Å². The van der Waals surface area contributed by atoms with Gasteiger partial charge in [0, 0.05) is 17.8 Å². The average molecular weight is 339 g/mol. The van der Waals surface area contributed by atoms with Crippen molar-refractivity contribution >= 4 is 11.6 Å². The van der Waals surface area contributed by atoms with Gasteiger partial charge in [0.25, 0.3) is 5.56 Å². The molecule has 1 amide bonds. The molecule has 0 unspecified atom stereocenters. The van der Waals surface area contributed by atoms with E-state index in [0.717, 1.165) is 11.3 Å². The predicted molar refractivity (Wildman–Crippen MR) is 95.8 cm³/mol. The monoisotopic (exact) mass is 339 g/mol. The fraction of sp³-hybridized carbons (Fsp3) is 0.316. The molecule has 0 atom stereocenters. The second-order valence-electron chi connectivity index (χ2n) is 5.68. The van der Waals surface area contributed by atoms with Crippen LogP contribution in [0.2, 0.25) is 0 Å². The highest BCUT2D eigenvalue weighted by molar-refractivity contribution is 5.90. The lowest BCUT2D eigenvalue weighted by Crippen LogP contribution is -2.18. The Hall–Kier alpha value is -3.07. The molecule has 0 fully saturated rings. The molecule has 0 aliphatic heterocycles. The lowest BCUT2D eigenvalue weighted by molar-refractivity contribution is -0.116. The summed E-state index contributed by atoms with van der Waals surface area (Å²) in [6.45, 7) is 6.01. The summed E-state index contributed by atoms with van der Waals surface area (Å²) in [7, 11) is 0. The van der Waals surface area contributed by atoms with Gasteiger partial charge >= 0.3 is 0 Å². The summed E-state index contributed by atoms with van der Waals surface area (Å²) in [5.74, 6) is 0.622. The summed E-state index contributed by atoms with van der Waals surface area (Å²) < 4.78 is 5.36. The molecule has 1 aromatic heterocycles. The van der Waals surface area contributed by atoms with E-state index >= 15 is 0 Å². The van der Waals surface area contributed by atoms with Crippen LogP contribution in [0.4, 0.5) is 5.69 Å². The fourth-order valence-corrected chi connectivity index (χ4v) is 2.68. The second-order valence-corrected chi connectivity index (χ2v) is 5.68. The van der Waals surface area contributed by atoms with Crippen molar-refractivity contribution in [2.24, 2.45) is 0 Å². The summed E-state index contributed by atoms with van der Waals surface area (Å²) in [6, 6.07) is 9.09. The Morgan fingerprint density at radius 3 is 2.56 bits per heavy atom. The number of anilines is 1. The van der Waals surface area contributed by atoms with Gasteiger partial charge in [-0.15, -0.1) is 0 Å². The van der Waals surface area contributed by atoms with Gasteiger partial charge in [0.2, 0.25) is 5.91 Å². The number of nitriles is 1. The van der Waals surface area contributed by atoms with Crippen LogP contribution in [-0.2, 0) is 11.2 Å². The molecule has 25 heavy (non-hydrogen) atoms. The standard InChI is InChI=1S/C19H21N3O3/c1-4-25-15-7-5-14(6-8-15)22-18(23)10-9-16-12(2)17(11-20)19(24)21-13(16)3/h5-8H,4,9-10H2,1-3H3,(H,21,24)(H,22,23). The van der Waals surface area contributed by atoms with Gasteiger partial charge in [-0.1, -0.05) is 0 Å². The van der Waals surface area contributed by atoms with Crippen LogP contribution in [0.15, 0.2) is 29.1 Å². The van der Waals surface area contributed by atoms with Crippen LogP contribution < -0.4 is 15.6 Å². The Morgan fingerprint density at radius 2 is 1.96 bits per heavy atom. The number of hydrogen-bond acceptors (Lipinski definition) is 4. The number of hydrogen-bond donors (Lipinski definition) is 2. The lowest BCUT2D eigenvalue weighted by Gasteiger charge is -2.11. The molecule has 0 bridgehead atoms. The van der Waals surface area contributed by atoms with Crippen LogP contribution in [0.1, 0.15) is 35.7 Å². The summed E-state index contributed by atoms with van der Waals surface area (Å²) in [4.78, 5) is 26.6. The minimum atomic E-state index is -0.389. The largest absolute Gasteiger partial charge is 0.494 e. The van der Waals surface area contributed by atoms with Crippen LogP contribution in [0, 0.1) is 25.2 Å². The number of aromatic nitrogens is 1.